The lowest BCUT2D eigenvalue weighted by molar-refractivity contribution is -0.122. The first-order chi connectivity index (χ1) is 12.1. The average Bonchev–Trinajstić information content (AvgIpc) is 3.40. The smallest absolute Gasteiger partial charge is 0.223 e. The molecular formula is C20H22ClFN2O. The van der Waals surface area contributed by atoms with Crippen molar-refractivity contribution >= 4 is 23.2 Å². The third-order valence-corrected chi connectivity index (χ3v) is 5.01. The van der Waals surface area contributed by atoms with E-state index in [0.29, 0.717) is 18.8 Å². The Balaban J connectivity index is 1.41. The quantitative estimate of drug-likeness (QED) is 0.749. The zero-order chi connectivity index (χ0) is 17.8. The second-order valence-electron chi connectivity index (χ2n) is 6.49. The van der Waals surface area contributed by atoms with Crippen molar-refractivity contribution in [2.75, 3.05) is 25.0 Å². The molecule has 0 bridgehead atoms. The molecule has 0 aliphatic heterocycles. The van der Waals surface area contributed by atoms with Crippen molar-refractivity contribution in [1.82, 2.24) is 5.32 Å². The highest BCUT2D eigenvalue weighted by Gasteiger charge is 2.44. The second kappa shape index (κ2) is 7.87. The predicted molar refractivity (Wildman–Crippen MR) is 99.6 cm³/mol. The largest absolute Gasteiger partial charge is 0.372 e. The number of rotatable bonds is 7. The molecule has 1 aliphatic rings. The summed E-state index contributed by atoms with van der Waals surface area (Å²) in [4.78, 5) is 14.1. The van der Waals surface area contributed by atoms with Crippen molar-refractivity contribution in [2.45, 2.75) is 18.8 Å². The fraction of sp³-hybridized carbons (Fsp3) is 0.350. The van der Waals surface area contributed by atoms with E-state index in [0.717, 1.165) is 23.4 Å². The number of hydrogen-bond donors (Lipinski definition) is 1. The first kappa shape index (κ1) is 17.7. The van der Waals surface area contributed by atoms with Gasteiger partial charge in [0.25, 0.3) is 0 Å². The van der Waals surface area contributed by atoms with Gasteiger partial charge in [-0.1, -0.05) is 41.9 Å². The number of nitrogens with one attached hydrogen (secondary N) is 1. The molecule has 132 valence electrons. The van der Waals surface area contributed by atoms with Gasteiger partial charge in [0.2, 0.25) is 5.91 Å². The van der Waals surface area contributed by atoms with Crippen LogP contribution in [0.15, 0.2) is 48.5 Å². The summed E-state index contributed by atoms with van der Waals surface area (Å²) in [7, 11) is 1.86. The van der Waals surface area contributed by atoms with E-state index >= 15 is 0 Å². The molecule has 0 saturated heterocycles. The highest BCUT2D eigenvalue weighted by Crippen LogP contribution is 2.49. The van der Waals surface area contributed by atoms with Crippen molar-refractivity contribution in [2.24, 2.45) is 5.92 Å². The fourth-order valence-electron chi connectivity index (χ4n) is 3.14. The normalized spacial score (nSPS) is 18.7. The number of benzene rings is 2. The molecule has 1 saturated carbocycles. The molecule has 0 spiro atoms. The first-order valence-corrected chi connectivity index (χ1v) is 8.93. The summed E-state index contributed by atoms with van der Waals surface area (Å²) in [5, 5.41) is 3.71. The van der Waals surface area contributed by atoms with E-state index < -0.39 is 0 Å². The van der Waals surface area contributed by atoms with Gasteiger partial charge in [-0.3, -0.25) is 4.79 Å². The van der Waals surface area contributed by atoms with E-state index in [1.54, 1.807) is 12.1 Å². The van der Waals surface area contributed by atoms with E-state index in [-0.39, 0.29) is 23.6 Å². The van der Waals surface area contributed by atoms with Crippen LogP contribution in [0.3, 0.4) is 0 Å². The van der Waals surface area contributed by atoms with Crippen LogP contribution in [0, 0.1) is 11.7 Å². The Morgan fingerprint density at radius 1 is 1.24 bits per heavy atom. The van der Waals surface area contributed by atoms with Gasteiger partial charge in [0.05, 0.1) is 5.69 Å². The number of carbonyl (C=O) groups is 1. The van der Waals surface area contributed by atoms with Gasteiger partial charge in [-0.05, 0) is 42.5 Å². The Kier molecular flexibility index (Phi) is 5.59. The van der Waals surface area contributed by atoms with Crippen LogP contribution >= 0.6 is 11.6 Å². The predicted octanol–water partition coefficient (Wildman–Crippen LogP) is 4.23. The molecule has 0 aromatic heterocycles. The second-order valence-corrected chi connectivity index (χ2v) is 6.89. The van der Waals surface area contributed by atoms with Crippen LogP contribution in [0.4, 0.5) is 10.1 Å². The molecule has 2 aromatic rings. The van der Waals surface area contributed by atoms with Gasteiger partial charge in [0.1, 0.15) is 5.82 Å². The Morgan fingerprint density at radius 2 is 1.96 bits per heavy atom. The van der Waals surface area contributed by atoms with Crippen LogP contribution in [0.2, 0.25) is 5.02 Å². The number of para-hydroxylation sites is 1. The van der Waals surface area contributed by atoms with E-state index in [1.807, 2.05) is 42.3 Å². The molecule has 2 aromatic carbocycles. The molecule has 25 heavy (non-hydrogen) atoms. The molecule has 1 amide bonds. The summed E-state index contributed by atoms with van der Waals surface area (Å²) in [5.41, 5.74) is 1.64. The Hall–Kier alpha value is -2.07. The maximum Gasteiger partial charge on any atom is 0.223 e. The lowest BCUT2D eigenvalue weighted by Gasteiger charge is -2.19. The number of hydrogen-bond acceptors (Lipinski definition) is 2. The van der Waals surface area contributed by atoms with E-state index in [1.165, 1.54) is 6.07 Å². The van der Waals surface area contributed by atoms with Crippen LogP contribution < -0.4 is 10.2 Å². The number of anilines is 1. The van der Waals surface area contributed by atoms with Crippen molar-refractivity contribution in [3.05, 3.63) is 64.9 Å². The van der Waals surface area contributed by atoms with Gasteiger partial charge in [0, 0.05) is 31.1 Å². The number of carbonyl (C=O) groups excluding carboxylic acids is 1. The Labute approximate surface area is 152 Å². The third-order valence-electron chi connectivity index (χ3n) is 4.67. The number of nitrogens with zero attached hydrogens (tertiary/aromatic N) is 1. The summed E-state index contributed by atoms with van der Waals surface area (Å²) in [6.07, 6.45) is 1.62. The molecule has 3 rings (SSSR count). The lowest BCUT2D eigenvalue weighted by Crippen LogP contribution is -2.29. The molecule has 1 N–H and O–H groups in total. The molecule has 5 heteroatoms. The fourth-order valence-corrected chi connectivity index (χ4v) is 3.42. The van der Waals surface area contributed by atoms with Gasteiger partial charge in [-0.2, -0.15) is 0 Å². The van der Waals surface area contributed by atoms with Gasteiger partial charge in [-0.25, -0.2) is 4.39 Å². The zero-order valence-corrected chi connectivity index (χ0v) is 15.0. The molecule has 0 radical (unpaired) electrons. The van der Waals surface area contributed by atoms with Crippen molar-refractivity contribution in [1.29, 1.82) is 0 Å². The van der Waals surface area contributed by atoms with Crippen LogP contribution in [0.5, 0.6) is 0 Å². The molecule has 3 nitrogen and oxygen atoms in total. The van der Waals surface area contributed by atoms with Crippen LogP contribution in [-0.2, 0) is 4.79 Å². The third kappa shape index (κ3) is 4.31. The van der Waals surface area contributed by atoms with Crippen molar-refractivity contribution in [3.8, 4) is 0 Å². The van der Waals surface area contributed by atoms with Crippen LogP contribution in [-0.4, -0.2) is 26.0 Å². The number of amides is 1. The Morgan fingerprint density at radius 3 is 2.72 bits per heavy atom. The zero-order valence-electron chi connectivity index (χ0n) is 14.2. The standard InChI is InChI=1S/C20H22ClFN2O/c1-24(19-10-5-4-9-18(19)22)12-6-11-23-20(25)16-13-15(16)14-7-2-3-8-17(14)21/h2-5,7-10,15-16H,6,11-13H2,1H3,(H,23,25). The molecule has 0 heterocycles. The van der Waals surface area contributed by atoms with Gasteiger partial charge >= 0.3 is 0 Å². The minimum Gasteiger partial charge on any atom is -0.372 e. The minimum absolute atomic E-state index is 0.0178. The van der Waals surface area contributed by atoms with Crippen molar-refractivity contribution < 1.29 is 9.18 Å². The average molecular weight is 361 g/mol. The summed E-state index contributed by atoms with van der Waals surface area (Å²) < 4.78 is 13.7. The topological polar surface area (TPSA) is 32.3 Å². The van der Waals surface area contributed by atoms with E-state index in [4.69, 9.17) is 11.6 Å². The minimum atomic E-state index is -0.227. The summed E-state index contributed by atoms with van der Waals surface area (Å²) in [6, 6.07) is 14.4. The van der Waals surface area contributed by atoms with Crippen molar-refractivity contribution in [3.63, 3.8) is 0 Å². The maximum absolute atomic E-state index is 13.7. The molecule has 1 aliphatic carbocycles. The van der Waals surface area contributed by atoms with Gasteiger partial charge in [-0.15, -0.1) is 0 Å². The van der Waals surface area contributed by atoms with Crippen LogP contribution in [0.25, 0.3) is 0 Å². The first-order valence-electron chi connectivity index (χ1n) is 8.55. The van der Waals surface area contributed by atoms with Gasteiger partial charge < -0.3 is 10.2 Å². The lowest BCUT2D eigenvalue weighted by atomic mass is 10.1. The summed E-state index contributed by atoms with van der Waals surface area (Å²) in [6.45, 7) is 1.27. The van der Waals surface area contributed by atoms with E-state index in [2.05, 4.69) is 5.32 Å². The molecule has 1 fully saturated rings. The SMILES string of the molecule is CN(CCCNC(=O)C1CC1c1ccccc1Cl)c1ccccc1F. The maximum atomic E-state index is 13.7. The van der Waals surface area contributed by atoms with E-state index in [9.17, 15) is 9.18 Å². The van der Waals surface area contributed by atoms with Crippen LogP contribution in [0.1, 0.15) is 24.3 Å². The summed E-state index contributed by atoms with van der Waals surface area (Å²) in [5.74, 6) is 0.104. The highest BCUT2D eigenvalue weighted by atomic mass is 35.5. The molecule has 2 unspecified atom stereocenters. The molecule has 2 atom stereocenters. The summed E-state index contributed by atoms with van der Waals surface area (Å²) >= 11 is 6.19. The Bertz CT molecular complexity index is 752. The van der Waals surface area contributed by atoms with Gasteiger partial charge in [0.15, 0.2) is 0 Å². The molecular weight excluding hydrogens is 339 g/mol. The highest BCUT2D eigenvalue weighted by molar-refractivity contribution is 6.31. The monoisotopic (exact) mass is 360 g/mol. The number of halogens is 2.